The number of nitrogens with one attached hydrogen (secondary N) is 1. The third-order valence-corrected chi connectivity index (χ3v) is 3.19. The molecule has 2 aromatic carbocycles. The van der Waals surface area contributed by atoms with Crippen LogP contribution in [0.4, 0.5) is 11.4 Å². The molecule has 0 aliphatic carbocycles. The smallest absolute Gasteiger partial charge is 0.274 e. The van der Waals surface area contributed by atoms with Gasteiger partial charge < -0.3 is 10.4 Å². The number of hydrogen-bond acceptors (Lipinski definition) is 4. The first kappa shape index (κ1) is 14.0. The molecule has 0 aliphatic heterocycles. The summed E-state index contributed by atoms with van der Waals surface area (Å²) < 4.78 is 0. The second-order valence-corrected chi connectivity index (χ2v) is 4.53. The Hall–Kier alpha value is -2.40. The molecule has 0 saturated heterocycles. The fourth-order valence-corrected chi connectivity index (χ4v) is 1.97. The van der Waals surface area contributed by atoms with Crippen molar-refractivity contribution >= 4 is 11.4 Å². The van der Waals surface area contributed by atoms with Gasteiger partial charge in [-0.25, -0.2) is 0 Å². The van der Waals surface area contributed by atoms with Gasteiger partial charge in [0.25, 0.3) is 5.69 Å². The van der Waals surface area contributed by atoms with E-state index in [1.807, 2.05) is 30.3 Å². The quantitative estimate of drug-likeness (QED) is 0.648. The molecule has 0 unspecified atom stereocenters. The molecule has 0 amide bonds. The molecule has 104 valence electrons. The van der Waals surface area contributed by atoms with E-state index >= 15 is 0 Å². The summed E-state index contributed by atoms with van der Waals surface area (Å²) in [4.78, 5) is 10.5. The van der Waals surface area contributed by atoms with E-state index in [0.29, 0.717) is 12.1 Å². The molecule has 0 fully saturated rings. The zero-order chi connectivity index (χ0) is 14.5. The van der Waals surface area contributed by atoms with Crippen molar-refractivity contribution in [3.05, 3.63) is 69.3 Å². The number of benzene rings is 2. The minimum Gasteiger partial charge on any atom is -0.392 e. The highest BCUT2D eigenvalue weighted by Crippen LogP contribution is 2.25. The third-order valence-electron chi connectivity index (χ3n) is 3.19. The maximum Gasteiger partial charge on any atom is 0.274 e. The van der Waals surface area contributed by atoms with Gasteiger partial charge in [0.05, 0.1) is 11.5 Å². The summed E-state index contributed by atoms with van der Waals surface area (Å²) in [6.07, 6.45) is 0. The zero-order valence-corrected chi connectivity index (χ0v) is 11.2. The Morgan fingerprint density at radius 1 is 1.15 bits per heavy atom. The lowest BCUT2D eigenvalue weighted by Crippen LogP contribution is -2.03. The average molecular weight is 272 g/mol. The molecule has 2 aromatic rings. The van der Waals surface area contributed by atoms with Crippen molar-refractivity contribution in [1.82, 2.24) is 0 Å². The van der Waals surface area contributed by atoms with E-state index in [1.54, 1.807) is 13.0 Å². The van der Waals surface area contributed by atoms with Crippen LogP contribution in [0.3, 0.4) is 0 Å². The van der Waals surface area contributed by atoms with Crippen LogP contribution < -0.4 is 5.32 Å². The first-order chi connectivity index (χ1) is 9.61. The molecule has 0 saturated carbocycles. The van der Waals surface area contributed by atoms with Gasteiger partial charge in [-0.15, -0.1) is 0 Å². The van der Waals surface area contributed by atoms with Crippen LogP contribution in [0.25, 0.3) is 0 Å². The van der Waals surface area contributed by atoms with Crippen LogP contribution in [0.2, 0.25) is 0 Å². The summed E-state index contributed by atoms with van der Waals surface area (Å²) in [5.74, 6) is 0. The highest BCUT2D eigenvalue weighted by molar-refractivity contribution is 5.59. The molecule has 0 bridgehead atoms. The topological polar surface area (TPSA) is 75.4 Å². The normalized spacial score (nSPS) is 10.3. The molecule has 0 spiro atoms. The summed E-state index contributed by atoms with van der Waals surface area (Å²) in [6.45, 7) is 2.33. The van der Waals surface area contributed by atoms with Crippen molar-refractivity contribution in [1.29, 1.82) is 0 Å². The van der Waals surface area contributed by atoms with E-state index in [1.165, 1.54) is 6.07 Å². The second kappa shape index (κ2) is 6.16. The predicted molar refractivity (Wildman–Crippen MR) is 77.5 cm³/mol. The summed E-state index contributed by atoms with van der Waals surface area (Å²) in [6, 6.07) is 12.6. The summed E-state index contributed by atoms with van der Waals surface area (Å²) in [5, 5.41) is 23.0. The van der Waals surface area contributed by atoms with Crippen LogP contribution in [0.1, 0.15) is 16.7 Å². The fourth-order valence-electron chi connectivity index (χ4n) is 1.97. The molecule has 0 aromatic heterocycles. The number of nitro benzene ring substituents is 1. The van der Waals surface area contributed by atoms with E-state index < -0.39 is 0 Å². The molecule has 0 aliphatic rings. The number of aliphatic hydroxyl groups is 1. The van der Waals surface area contributed by atoms with Crippen LogP contribution in [0, 0.1) is 17.0 Å². The third kappa shape index (κ3) is 3.13. The van der Waals surface area contributed by atoms with Gasteiger partial charge in [-0.2, -0.15) is 0 Å². The van der Waals surface area contributed by atoms with Gasteiger partial charge in [-0.3, -0.25) is 10.1 Å². The van der Waals surface area contributed by atoms with Crippen molar-refractivity contribution in [2.45, 2.75) is 20.1 Å². The van der Waals surface area contributed by atoms with Crippen LogP contribution in [-0.2, 0) is 13.2 Å². The molecular formula is C15H16N2O3. The lowest BCUT2D eigenvalue weighted by Gasteiger charge is -2.10. The van der Waals surface area contributed by atoms with E-state index in [4.69, 9.17) is 5.11 Å². The zero-order valence-electron chi connectivity index (χ0n) is 11.2. The molecule has 20 heavy (non-hydrogen) atoms. The Bertz CT molecular complexity index is 609. The molecule has 5 heteroatoms. The predicted octanol–water partition coefficient (Wildman–Crippen LogP) is 3.01. The molecule has 0 radical (unpaired) electrons. The Morgan fingerprint density at radius 2 is 1.80 bits per heavy atom. The number of rotatable bonds is 5. The minimum absolute atomic E-state index is 0.0255. The van der Waals surface area contributed by atoms with Crippen LogP contribution in [0.5, 0.6) is 0 Å². The maximum absolute atomic E-state index is 10.9. The number of hydrogen-bond donors (Lipinski definition) is 2. The van der Waals surface area contributed by atoms with Crippen LogP contribution >= 0.6 is 0 Å². The first-order valence-corrected chi connectivity index (χ1v) is 6.28. The maximum atomic E-state index is 10.9. The Labute approximate surface area is 117 Å². The van der Waals surface area contributed by atoms with Gasteiger partial charge in [-0.05, 0) is 24.1 Å². The molecular weight excluding hydrogens is 256 g/mol. The van der Waals surface area contributed by atoms with Crippen LogP contribution in [0.15, 0.2) is 42.5 Å². The van der Waals surface area contributed by atoms with Crippen molar-refractivity contribution in [3.63, 3.8) is 0 Å². The molecule has 2 rings (SSSR count). The minimum atomic E-state index is -0.378. The number of nitro groups is 1. The number of anilines is 1. The SMILES string of the molecule is Cc1c(NCc2ccc(CO)cc2)cccc1[N+](=O)[O-]. The Morgan fingerprint density at radius 3 is 2.40 bits per heavy atom. The first-order valence-electron chi connectivity index (χ1n) is 6.28. The molecule has 5 nitrogen and oxygen atoms in total. The summed E-state index contributed by atoms with van der Waals surface area (Å²) in [7, 11) is 0. The van der Waals surface area contributed by atoms with Gasteiger partial charge in [0.2, 0.25) is 0 Å². The number of aliphatic hydroxyl groups excluding tert-OH is 1. The van der Waals surface area contributed by atoms with Gasteiger partial charge in [0.1, 0.15) is 0 Å². The second-order valence-electron chi connectivity index (χ2n) is 4.53. The number of nitrogens with zero attached hydrogens (tertiary/aromatic N) is 1. The lowest BCUT2D eigenvalue weighted by atomic mass is 10.1. The highest BCUT2D eigenvalue weighted by Gasteiger charge is 2.12. The van der Waals surface area contributed by atoms with E-state index in [0.717, 1.165) is 16.8 Å². The van der Waals surface area contributed by atoms with Gasteiger partial charge in [0, 0.05) is 23.9 Å². The standard InChI is InChI=1S/C15H16N2O3/c1-11-14(3-2-4-15(11)17(19)20)16-9-12-5-7-13(10-18)8-6-12/h2-8,16,18H,9-10H2,1H3. The largest absolute Gasteiger partial charge is 0.392 e. The molecule has 0 heterocycles. The average Bonchev–Trinajstić information content (AvgIpc) is 2.46. The van der Waals surface area contributed by atoms with Gasteiger partial charge in [-0.1, -0.05) is 30.3 Å². The Kier molecular flexibility index (Phi) is 4.32. The van der Waals surface area contributed by atoms with Crippen molar-refractivity contribution in [3.8, 4) is 0 Å². The van der Waals surface area contributed by atoms with Gasteiger partial charge in [0.15, 0.2) is 0 Å². The van der Waals surface area contributed by atoms with E-state index in [2.05, 4.69) is 5.32 Å². The van der Waals surface area contributed by atoms with Crippen molar-refractivity contribution in [2.75, 3.05) is 5.32 Å². The summed E-state index contributed by atoms with van der Waals surface area (Å²) >= 11 is 0. The fraction of sp³-hybridized carbons (Fsp3) is 0.200. The van der Waals surface area contributed by atoms with E-state index in [-0.39, 0.29) is 17.2 Å². The monoisotopic (exact) mass is 272 g/mol. The highest BCUT2D eigenvalue weighted by atomic mass is 16.6. The van der Waals surface area contributed by atoms with Gasteiger partial charge >= 0.3 is 0 Å². The molecule has 2 N–H and O–H groups in total. The van der Waals surface area contributed by atoms with Crippen molar-refractivity contribution < 1.29 is 10.0 Å². The lowest BCUT2D eigenvalue weighted by molar-refractivity contribution is -0.385. The van der Waals surface area contributed by atoms with Crippen molar-refractivity contribution in [2.24, 2.45) is 0 Å². The summed E-state index contributed by atoms with van der Waals surface area (Å²) in [5.41, 5.74) is 3.41. The Balaban J connectivity index is 2.10. The van der Waals surface area contributed by atoms with E-state index in [9.17, 15) is 10.1 Å². The van der Waals surface area contributed by atoms with Crippen LogP contribution in [-0.4, -0.2) is 10.0 Å². The molecule has 0 atom stereocenters.